The first-order valence-electron chi connectivity index (χ1n) is 4.81. The summed E-state index contributed by atoms with van der Waals surface area (Å²) < 4.78 is 26.6. The van der Waals surface area contributed by atoms with Crippen LogP contribution in [0.3, 0.4) is 0 Å². The third-order valence-corrected chi connectivity index (χ3v) is 4.41. The van der Waals surface area contributed by atoms with Crippen molar-refractivity contribution in [1.82, 2.24) is 4.72 Å². The van der Waals surface area contributed by atoms with Gasteiger partial charge in [-0.25, -0.2) is 13.1 Å². The van der Waals surface area contributed by atoms with Crippen LogP contribution in [0.25, 0.3) is 0 Å². The molecule has 1 aromatic rings. The Hall–Kier alpha value is -0.490. The number of hydrogen-bond donors (Lipinski definition) is 2. The van der Waals surface area contributed by atoms with Crippen molar-refractivity contribution in [1.29, 1.82) is 0 Å². The quantitative estimate of drug-likeness (QED) is 0.824. The average Bonchev–Trinajstić information content (AvgIpc) is 1.93. The summed E-state index contributed by atoms with van der Waals surface area (Å²) in [6, 6.07) is 2.70. The molecule has 0 aliphatic rings. The Balaban J connectivity index is 3.35. The summed E-state index contributed by atoms with van der Waals surface area (Å²) in [5, 5.41) is 0.0125. The molecule has 0 spiro atoms. The highest BCUT2D eigenvalue weighted by Gasteiger charge is 2.26. The molecule has 0 fully saturated rings. The zero-order chi connectivity index (χ0) is 13.4. The molecule has 1 rings (SSSR count). The second-order valence-electron chi connectivity index (χ2n) is 4.67. The largest absolute Gasteiger partial charge is 0.399 e. The molecule has 0 unspecified atom stereocenters. The number of nitrogens with two attached hydrogens (primary N) is 1. The molecule has 0 aliphatic heterocycles. The molecule has 4 nitrogen and oxygen atoms in total. The molecule has 0 bridgehead atoms. The number of benzene rings is 1. The summed E-state index contributed by atoms with van der Waals surface area (Å²) in [4.78, 5) is -0.148. The Labute approximate surface area is 111 Å². The van der Waals surface area contributed by atoms with E-state index in [0.717, 1.165) is 0 Å². The first-order chi connectivity index (χ1) is 7.53. The summed E-state index contributed by atoms with van der Waals surface area (Å²) in [6.45, 7) is 5.18. The zero-order valence-corrected chi connectivity index (χ0v) is 12.0. The van der Waals surface area contributed by atoms with Gasteiger partial charge in [0.05, 0.1) is 10.0 Å². The number of halogens is 2. The van der Waals surface area contributed by atoms with E-state index in [9.17, 15) is 8.42 Å². The highest BCUT2D eigenvalue weighted by Crippen LogP contribution is 2.32. The van der Waals surface area contributed by atoms with Crippen LogP contribution in [0.4, 0.5) is 5.69 Å². The molecule has 17 heavy (non-hydrogen) atoms. The Kier molecular flexibility index (Phi) is 3.98. The van der Waals surface area contributed by atoms with Crippen molar-refractivity contribution >= 4 is 38.9 Å². The van der Waals surface area contributed by atoms with Gasteiger partial charge in [0, 0.05) is 11.2 Å². The summed E-state index contributed by atoms with van der Waals surface area (Å²) in [7, 11) is -3.77. The molecule has 96 valence electrons. The maximum atomic E-state index is 12.1. The lowest BCUT2D eigenvalue weighted by Crippen LogP contribution is -2.40. The van der Waals surface area contributed by atoms with E-state index in [4.69, 9.17) is 28.9 Å². The van der Waals surface area contributed by atoms with Crippen LogP contribution in [-0.2, 0) is 10.0 Å². The van der Waals surface area contributed by atoms with E-state index in [1.807, 2.05) is 0 Å². The van der Waals surface area contributed by atoms with Crippen LogP contribution in [0.1, 0.15) is 20.8 Å². The number of anilines is 1. The van der Waals surface area contributed by atoms with Gasteiger partial charge in [-0.15, -0.1) is 0 Å². The summed E-state index contributed by atoms with van der Waals surface area (Å²) >= 11 is 11.7. The van der Waals surface area contributed by atoms with E-state index >= 15 is 0 Å². The lowest BCUT2D eigenvalue weighted by atomic mass is 10.1. The number of hydrogen-bond acceptors (Lipinski definition) is 3. The summed E-state index contributed by atoms with van der Waals surface area (Å²) in [5.74, 6) is 0. The predicted molar refractivity (Wildman–Crippen MR) is 70.9 cm³/mol. The molecule has 0 saturated heterocycles. The minimum atomic E-state index is -3.77. The fraction of sp³-hybridized carbons (Fsp3) is 0.400. The molecule has 0 heterocycles. The van der Waals surface area contributed by atoms with E-state index in [-0.39, 0.29) is 14.9 Å². The van der Waals surface area contributed by atoms with Gasteiger partial charge in [-0.3, -0.25) is 0 Å². The average molecular weight is 297 g/mol. The van der Waals surface area contributed by atoms with Crippen molar-refractivity contribution in [2.24, 2.45) is 0 Å². The highest BCUT2D eigenvalue weighted by atomic mass is 35.5. The molecule has 0 aromatic heterocycles. The van der Waals surface area contributed by atoms with Crippen LogP contribution >= 0.6 is 23.2 Å². The lowest BCUT2D eigenvalue weighted by molar-refractivity contribution is 0.491. The second kappa shape index (κ2) is 4.65. The Morgan fingerprint density at radius 3 is 1.94 bits per heavy atom. The van der Waals surface area contributed by atoms with Gasteiger partial charge in [0.2, 0.25) is 10.0 Å². The first-order valence-corrected chi connectivity index (χ1v) is 7.05. The summed E-state index contributed by atoms with van der Waals surface area (Å²) in [5.41, 5.74) is 5.21. The molecular weight excluding hydrogens is 283 g/mol. The van der Waals surface area contributed by atoms with E-state index in [1.165, 1.54) is 12.1 Å². The Morgan fingerprint density at radius 1 is 1.18 bits per heavy atom. The van der Waals surface area contributed by atoms with Crippen molar-refractivity contribution in [3.63, 3.8) is 0 Å². The first kappa shape index (κ1) is 14.6. The monoisotopic (exact) mass is 296 g/mol. The third-order valence-electron chi connectivity index (χ3n) is 1.73. The smallest absolute Gasteiger partial charge is 0.244 e. The zero-order valence-electron chi connectivity index (χ0n) is 9.71. The van der Waals surface area contributed by atoms with Gasteiger partial charge in [0.15, 0.2) is 0 Å². The van der Waals surface area contributed by atoms with Gasteiger partial charge < -0.3 is 5.73 Å². The van der Waals surface area contributed by atoms with E-state index in [0.29, 0.717) is 5.69 Å². The van der Waals surface area contributed by atoms with Crippen molar-refractivity contribution in [2.45, 2.75) is 31.2 Å². The van der Waals surface area contributed by atoms with Crippen molar-refractivity contribution in [3.05, 3.63) is 22.2 Å². The molecule has 0 saturated carbocycles. The van der Waals surface area contributed by atoms with Crippen LogP contribution < -0.4 is 10.5 Å². The molecule has 0 amide bonds. The molecule has 0 aliphatic carbocycles. The standard InChI is InChI=1S/C10H14Cl2N2O2S/c1-10(2,3)14-17(15,16)9-7(11)4-6(13)5-8(9)12/h4-5,14H,13H2,1-3H3. The maximum Gasteiger partial charge on any atom is 0.244 e. The van der Waals surface area contributed by atoms with Gasteiger partial charge in [-0.05, 0) is 32.9 Å². The fourth-order valence-corrected chi connectivity index (χ4v) is 3.94. The Bertz CT molecular complexity index is 513. The van der Waals surface area contributed by atoms with Crippen molar-refractivity contribution < 1.29 is 8.42 Å². The van der Waals surface area contributed by atoms with Gasteiger partial charge >= 0.3 is 0 Å². The van der Waals surface area contributed by atoms with Crippen molar-refractivity contribution in [2.75, 3.05) is 5.73 Å². The number of rotatable bonds is 2. The van der Waals surface area contributed by atoms with E-state index in [1.54, 1.807) is 20.8 Å². The number of sulfonamides is 1. The normalized spacial score (nSPS) is 12.8. The van der Waals surface area contributed by atoms with Gasteiger partial charge in [-0.2, -0.15) is 0 Å². The Morgan fingerprint density at radius 2 is 1.59 bits per heavy atom. The number of nitrogens with one attached hydrogen (secondary N) is 1. The minimum Gasteiger partial charge on any atom is -0.399 e. The highest BCUT2D eigenvalue weighted by molar-refractivity contribution is 7.89. The molecule has 3 N–H and O–H groups in total. The predicted octanol–water partition coefficient (Wildman–Crippen LogP) is 2.65. The lowest BCUT2D eigenvalue weighted by Gasteiger charge is -2.21. The fourth-order valence-electron chi connectivity index (χ4n) is 1.29. The van der Waals surface area contributed by atoms with E-state index in [2.05, 4.69) is 4.72 Å². The van der Waals surface area contributed by atoms with Gasteiger partial charge in [0.1, 0.15) is 4.90 Å². The second-order valence-corrected chi connectivity index (χ2v) is 7.10. The van der Waals surface area contributed by atoms with Crippen LogP contribution in [0.2, 0.25) is 10.0 Å². The molecule has 0 radical (unpaired) electrons. The minimum absolute atomic E-state index is 0.00625. The summed E-state index contributed by atoms with van der Waals surface area (Å²) in [6.07, 6.45) is 0. The van der Waals surface area contributed by atoms with Crippen LogP contribution in [0.15, 0.2) is 17.0 Å². The molecule has 0 atom stereocenters. The SMILES string of the molecule is CC(C)(C)NS(=O)(=O)c1c(Cl)cc(N)cc1Cl. The van der Waals surface area contributed by atoms with Gasteiger partial charge in [0.25, 0.3) is 0 Å². The maximum absolute atomic E-state index is 12.1. The molecular formula is C10H14Cl2N2O2S. The van der Waals surface area contributed by atoms with Crippen LogP contribution in [0.5, 0.6) is 0 Å². The molecule has 1 aromatic carbocycles. The topological polar surface area (TPSA) is 72.2 Å². The van der Waals surface area contributed by atoms with Crippen LogP contribution in [0, 0.1) is 0 Å². The van der Waals surface area contributed by atoms with Gasteiger partial charge in [-0.1, -0.05) is 23.2 Å². The van der Waals surface area contributed by atoms with E-state index < -0.39 is 15.6 Å². The molecule has 7 heteroatoms. The van der Waals surface area contributed by atoms with Crippen LogP contribution in [-0.4, -0.2) is 14.0 Å². The van der Waals surface area contributed by atoms with Crippen molar-refractivity contribution in [3.8, 4) is 0 Å². The third kappa shape index (κ3) is 3.74. The number of nitrogen functional groups attached to an aromatic ring is 1.